The lowest BCUT2D eigenvalue weighted by Gasteiger charge is -2.10. The molecular weight excluding hydrogens is 353 g/mol. The number of aromatic nitrogens is 3. The van der Waals surface area contributed by atoms with E-state index in [2.05, 4.69) is 15.4 Å². The first-order valence-electron chi connectivity index (χ1n) is 7.21. The highest BCUT2D eigenvalue weighted by atomic mass is 32.1. The van der Waals surface area contributed by atoms with Crippen LogP contribution in [0.15, 0.2) is 35.8 Å². The van der Waals surface area contributed by atoms with E-state index in [0.717, 1.165) is 17.8 Å². The smallest absolute Gasteiger partial charge is 0.298 e. The van der Waals surface area contributed by atoms with E-state index in [0.29, 0.717) is 10.8 Å². The van der Waals surface area contributed by atoms with Crippen LogP contribution >= 0.6 is 11.3 Å². The van der Waals surface area contributed by atoms with Crippen molar-refractivity contribution in [3.05, 3.63) is 58.4 Å². The SMILES string of the molecule is Cc1csc(NC(=O)c2cnn(-c3cccc(C(F)(F)F)c3)c2C)n1. The minimum atomic E-state index is -4.44. The number of anilines is 1. The van der Waals surface area contributed by atoms with Gasteiger partial charge in [-0.05, 0) is 32.0 Å². The minimum absolute atomic E-state index is 0.233. The number of nitrogens with one attached hydrogen (secondary N) is 1. The average Bonchev–Trinajstić information content (AvgIpc) is 3.12. The Hall–Kier alpha value is -2.68. The average molecular weight is 366 g/mol. The fourth-order valence-electron chi connectivity index (χ4n) is 2.28. The van der Waals surface area contributed by atoms with Gasteiger partial charge in [-0.25, -0.2) is 9.67 Å². The Bertz CT molecular complexity index is 930. The molecule has 1 aromatic carbocycles. The third-order valence-electron chi connectivity index (χ3n) is 3.51. The molecule has 3 aromatic rings. The van der Waals surface area contributed by atoms with Gasteiger partial charge < -0.3 is 0 Å². The molecule has 0 atom stereocenters. The lowest BCUT2D eigenvalue weighted by Crippen LogP contribution is -2.13. The van der Waals surface area contributed by atoms with Crippen molar-refractivity contribution >= 4 is 22.4 Å². The van der Waals surface area contributed by atoms with Crippen molar-refractivity contribution in [1.82, 2.24) is 14.8 Å². The Balaban J connectivity index is 1.90. The van der Waals surface area contributed by atoms with Crippen LogP contribution in [0.4, 0.5) is 18.3 Å². The zero-order valence-corrected chi connectivity index (χ0v) is 14.1. The van der Waals surface area contributed by atoms with Gasteiger partial charge in [-0.15, -0.1) is 11.3 Å². The summed E-state index contributed by atoms with van der Waals surface area (Å²) >= 11 is 1.29. The molecule has 0 spiro atoms. The molecule has 130 valence electrons. The van der Waals surface area contributed by atoms with Crippen LogP contribution in [0.3, 0.4) is 0 Å². The molecule has 0 bridgehead atoms. The van der Waals surface area contributed by atoms with Gasteiger partial charge in [0.1, 0.15) is 0 Å². The van der Waals surface area contributed by atoms with Crippen molar-refractivity contribution in [3.63, 3.8) is 0 Å². The molecule has 1 amide bonds. The van der Waals surface area contributed by atoms with Crippen LogP contribution in [0.2, 0.25) is 0 Å². The number of alkyl halides is 3. The van der Waals surface area contributed by atoms with Crippen LogP contribution in [0.5, 0.6) is 0 Å². The first-order valence-corrected chi connectivity index (χ1v) is 8.09. The Kier molecular flexibility index (Phi) is 4.34. The molecule has 0 fully saturated rings. The molecule has 5 nitrogen and oxygen atoms in total. The summed E-state index contributed by atoms with van der Waals surface area (Å²) in [5, 5.41) is 8.96. The number of hydrogen-bond acceptors (Lipinski definition) is 4. The molecule has 9 heteroatoms. The molecule has 0 saturated carbocycles. The lowest BCUT2D eigenvalue weighted by atomic mass is 10.2. The number of nitrogens with zero attached hydrogens (tertiary/aromatic N) is 3. The second kappa shape index (κ2) is 6.32. The van der Waals surface area contributed by atoms with Gasteiger partial charge in [0, 0.05) is 5.38 Å². The number of rotatable bonds is 3. The monoisotopic (exact) mass is 366 g/mol. The number of amides is 1. The lowest BCUT2D eigenvalue weighted by molar-refractivity contribution is -0.137. The maximum absolute atomic E-state index is 12.9. The van der Waals surface area contributed by atoms with E-state index in [9.17, 15) is 18.0 Å². The Labute approximate surface area is 145 Å². The van der Waals surface area contributed by atoms with Crippen LogP contribution in [0.1, 0.15) is 27.3 Å². The third-order valence-corrected chi connectivity index (χ3v) is 4.39. The van der Waals surface area contributed by atoms with Crippen LogP contribution in [0.25, 0.3) is 5.69 Å². The minimum Gasteiger partial charge on any atom is -0.298 e. The standard InChI is InChI=1S/C16H13F3N4OS/c1-9-8-25-15(21-9)22-14(24)13-7-20-23(10(13)2)12-5-3-4-11(6-12)16(17,18)19/h3-8H,1-2H3,(H,21,22,24). The molecular formula is C16H13F3N4OS. The molecule has 0 saturated heterocycles. The highest BCUT2D eigenvalue weighted by molar-refractivity contribution is 7.13. The quantitative estimate of drug-likeness (QED) is 0.755. The summed E-state index contributed by atoms with van der Waals surface area (Å²) in [5.74, 6) is -0.412. The zero-order valence-electron chi connectivity index (χ0n) is 13.3. The Morgan fingerprint density at radius 1 is 1.28 bits per heavy atom. The summed E-state index contributed by atoms with van der Waals surface area (Å²) in [4.78, 5) is 16.5. The summed E-state index contributed by atoms with van der Waals surface area (Å²) in [6.07, 6.45) is -3.12. The molecule has 3 rings (SSSR count). The second-order valence-electron chi connectivity index (χ2n) is 5.35. The van der Waals surface area contributed by atoms with Crippen LogP contribution in [-0.4, -0.2) is 20.7 Å². The maximum Gasteiger partial charge on any atom is 0.416 e. The summed E-state index contributed by atoms with van der Waals surface area (Å²) in [7, 11) is 0. The van der Waals surface area contributed by atoms with Gasteiger partial charge in [0.15, 0.2) is 5.13 Å². The molecule has 0 aliphatic heterocycles. The number of thiazole rings is 1. The number of benzene rings is 1. The van der Waals surface area contributed by atoms with Crippen molar-refractivity contribution < 1.29 is 18.0 Å². The first-order chi connectivity index (χ1) is 11.8. The number of carbonyl (C=O) groups excluding carboxylic acids is 1. The van der Waals surface area contributed by atoms with Crippen molar-refractivity contribution in [1.29, 1.82) is 0 Å². The molecule has 0 unspecified atom stereocenters. The van der Waals surface area contributed by atoms with E-state index in [1.54, 1.807) is 12.3 Å². The molecule has 2 aromatic heterocycles. The summed E-state index contributed by atoms with van der Waals surface area (Å²) in [5.41, 5.74) is 0.952. The molecule has 25 heavy (non-hydrogen) atoms. The van der Waals surface area contributed by atoms with E-state index in [1.807, 2.05) is 6.92 Å². The molecule has 0 radical (unpaired) electrons. The fraction of sp³-hybridized carbons (Fsp3) is 0.188. The molecule has 2 heterocycles. The highest BCUT2D eigenvalue weighted by Crippen LogP contribution is 2.30. The number of aryl methyl sites for hydroxylation is 1. The Morgan fingerprint density at radius 3 is 2.68 bits per heavy atom. The van der Waals surface area contributed by atoms with Crippen molar-refractivity contribution in [2.45, 2.75) is 20.0 Å². The van der Waals surface area contributed by atoms with Crippen molar-refractivity contribution in [3.8, 4) is 5.69 Å². The fourth-order valence-corrected chi connectivity index (χ4v) is 2.97. The molecule has 1 N–H and O–H groups in total. The topological polar surface area (TPSA) is 59.8 Å². The summed E-state index contributed by atoms with van der Waals surface area (Å²) < 4.78 is 39.9. The van der Waals surface area contributed by atoms with Gasteiger partial charge in [0.25, 0.3) is 5.91 Å². The number of halogens is 3. The van der Waals surface area contributed by atoms with Crippen molar-refractivity contribution in [2.24, 2.45) is 0 Å². The normalized spacial score (nSPS) is 11.6. The predicted molar refractivity (Wildman–Crippen MR) is 88.1 cm³/mol. The van der Waals surface area contributed by atoms with Gasteiger partial charge in [-0.3, -0.25) is 10.1 Å². The first kappa shape index (κ1) is 17.2. The van der Waals surface area contributed by atoms with Crippen molar-refractivity contribution in [2.75, 3.05) is 5.32 Å². The second-order valence-corrected chi connectivity index (χ2v) is 6.21. The van der Waals surface area contributed by atoms with E-state index in [1.165, 1.54) is 34.3 Å². The predicted octanol–water partition coefficient (Wildman–Crippen LogP) is 4.22. The molecule has 0 aliphatic carbocycles. The van der Waals surface area contributed by atoms with E-state index >= 15 is 0 Å². The third kappa shape index (κ3) is 3.55. The van der Waals surface area contributed by atoms with Gasteiger partial charge in [0.2, 0.25) is 0 Å². The van der Waals surface area contributed by atoms with Gasteiger partial charge in [-0.2, -0.15) is 18.3 Å². The van der Waals surface area contributed by atoms with Gasteiger partial charge in [-0.1, -0.05) is 6.07 Å². The van der Waals surface area contributed by atoms with E-state index < -0.39 is 17.6 Å². The van der Waals surface area contributed by atoms with Gasteiger partial charge >= 0.3 is 6.18 Å². The maximum atomic E-state index is 12.9. The summed E-state index contributed by atoms with van der Waals surface area (Å²) in [6, 6.07) is 4.78. The van der Waals surface area contributed by atoms with Crippen LogP contribution < -0.4 is 5.32 Å². The number of hydrogen-bond donors (Lipinski definition) is 1. The van der Waals surface area contributed by atoms with Crippen LogP contribution in [-0.2, 0) is 6.18 Å². The van der Waals surface area contributed by atoms with Gasteiger partial charge in [0.05, 0.1) is 34.4 Å². The number of carbonyl (C=O) groups is 1. The summed E-state index contributed by atoms with van der Waals surface area (Å²) in [6.45, 7) is 3.43. The zero-order chi connectivity index (χ0) is 18.2. The molecule has 0 aliphatic rings. The van der Waals surface area contributed by atoms with Crippen LogP contribution in [0, 0.1) is 13.8 Å². The van der Waals surface area contributed by atoms with E-state index in [-0.39, 0.29) is 11.3 Å². The highest BCUT2D eigenvalue weighted by Gasteiger charge is 2.30. The van der Waals surface area contributed by atoms with E-state index in [4.69, 9.17) is 0 Å². The largest absolute Gasteiger partial charge is 0.416 e. The Morgan fingerprint density at radius 2 is 2.04 bits per heavy atom.